The zero-order valence-corrected chi connectivity index (χ0v) is 14.1. The maximum Gasteiger partial charge on any atom is 0.230 e. The third kappa shape index (κ3) is 4.58. The highest BCUT2D eigenvalue weighted by molar-refractivity contribution is 8.00. The third-order valence-electron chi connectivity index (χ3n) is 4.11. The normalized spacial score (nSPS) is 14.5. The molecule has 3 rings (SSSR count). The lowest BCUT2D eigenvalue weighted by molar-refractivity contribution is -0.118. The summed E-state index contributed by atoms with van der Waals surface area (Å²) in [4.78, 5) is 17.5. The number of carbonyl (C=O) groups is 1. The minimum absolute atomic E-state index is 0.0966. The van der Waals surface area contributed by atoms with E-state index in [2.05, 4.69) is 16.4 Å². The van der Waals surface area contributed by atoms with Crippen molar-refractivity contribution >= 4 is 28.6 Å². The number of carbonyl (C=O) groups excluding carboxylic acids is 1. The molecule has 0 spiro atoms. The maximum atomic E-state index is 12.0. The summed E-state index contributed by atoms with van der Waals surface area (Å²) in [5.74, 6) is 0.536. The summed E-state index contributed by atoms with van der Waals surface area (Å²) >= 11 is 1.55. The number of benzene rings is 1. The van der Waals surface area contributed by atoms with Crippen LogP contribution in [0.1, 0.15) is 32.1 Å². The Bertz CT molecular complexity index is 706. The fraction of sp³-hybridized carbons (Fsp3) is 0.368. The lowest BCUT2D eigenvalue weighted by atomic mass is 9.97. The smallest absolute Gasteiger partial charge is 0.230 e. The minimum Gasteiger partial charge on any atom is -0.355 e. The highest BCUT2D eigenvalue weighted by Crippen LogP contribution is 2.25. The van der Waals surface area contributed by atoms with Crippen molar-refractivity contribution in [2.45, 2.75) is 37.0 Å². The number of amides is 1. The van der Waals surface area contributed by atoms with Gasteiger partial charge in [0.15, 0.2) is 0 Å². The van der Waals surface area contributed by atoms with Crippen LogP contribution in [0.15, 0.2) is 53.1 Å². The molecule has 0 saturated carbocycles. The molecule has 1 aliphatic rings. The van der Waals surface area contributed by atoms with Crippen LogP contribution in [0, 0.1) is 0 Å². The summed E-state index contributed by atoms with van der Waals surface area (Å²) in [6, 6.07) is 10.1. The molecule has 1 aromatic carbocycles. The van der Waals surface area contributed by atoms with Gasteiger partial charge in [0.2, 0.25) is 5.91 Å². The van der Waals surface area contributed by atoms with Crippen LogP contribution in [-0.4, -0.2) is 23.2 Å². The average molecular weight is 326 g/mol. The Morgan fingerprint density at radius 1 is 1.22 bits per heavy atom. The Morgan fingerprint density at radius 3 is 3.00 bits per heavy atom. The van der Waals surface area contributed by atoms with Gasteiger partial charge in [0.25, 0.3) is 0 Å². The van der Waals surface area contributed by atoms with E-state index in [1.807, 2.05) is 30.3 Å². The standard InChI is InChI=1S/C19H22N2OS/c22-18(20-13-11-15-6-2-1-3-7-15)14-23-17-10-4-8-16-9-5-12-21-19(16)17/h4-6,8-10,12H,1-3,7,11,13-14H2,(H,20,22). The van der Waals surface area contributed by atoms with E-state index in [-0.39, 0.29) is 5.91 Å². The van der Waals surface area contributed by atoms with Gasteiger partial charge in [-0.15, -0.1) is 11.8 Å². The Balaban J connectivity index is 1.47. The molecule has 0 saturated heterocycles. The number of nitrogens with one attached hydrogen (secondary N) is 1. The van der Waals surface area contributed by atoms with Crippen LogP contribution in [0.2, 0.25) is 0 Å². The SMILES string of the molecule is O=C(CSc1cccc2cccnc12)NCCC1=CCCCC1. The highest BCUT2D eigenvalue weighted by atomic mass is 32.2. The van der Waals surface area contributed by atoms with Gasteiger partial charge in [-0.25, -0.2) is 0 Å². The largest absolute Gasteiger partial charge is 0.355 e. The molecule has 1 aliphatic carbocycles. The first-order valence-corrected chi connectivity index (χ1v) is 9.22. The predicted molar refractivity (Wildman–Crippen MR) is 96.6 cm³/mol. The number of pyridine rings is 1. The molecule has 0 aliphatic heterocycles. The summed E-state index contributed by atoms with van der Waals surface area (Å²) < 4.78 is 0. The van der Waals surface area contributed by atoms with Gasteiger partial charge in [-0.1, -0.05) is 29.8 Å². The Hall–Kier alpha value is -1.81. The highest BCUT2D eigenvalue weighted by Gasteiger charge is 2.07. The number of rotatable bonds is 6. The van der Waals surface area contributed by atoms with Crippen molar-refractivity contribution in [2.75, 3.05) is 12.3 Å². The van der Waals surface area contributed by atoms with Crippen molar-refractivity contribution in [1.29, 1.82) is 0 Å². The molecule has 1 aromatic heterocycles. The van der Waals surface area contributed by atoms with E-state index in [9.17, 15) is 4.79 Å². The molecule has 1 N–H and O–H groups in total. The first-order chi connectivity index (χ1) is 11.3. The van der Waals surface area contributed by atoms with Crippen molar-refractivity contribution in [3.8, 4) is 0 Å². The van der Waals surface area contributed by atoms with Gasteiger partial charge in [-0.2, -0.15) is 0 Å². The Labute approximate surface area is 141 Å². The number of hydrogen-bond donors (Lipinski definition) is 1. The van der Waals surface area contributed by atoms with Gasteiger partial charge in [0.1, 0.15) is 0 Å². The van der Waals surface area contributed by atoms with Crippen LogP contribution in [0.3, 0.4) is 0 Å². The molecule has 0 atom stereocenters. The molecule has 0 unspecified atom stereocenters. The first kappa shape index (κ1) is 16.1. The molecular weight excluding hydrogens is 304 g/mol. The monoisotopic (exact) mass is 326 g/mol. The van der Waals surface area contributed by atoms with E-state index in [4.69, 9.17) is 0 Å². The lowest BCUT2D eigenvalue weighted by Crippen LogP contribution is -2.26. The van der Waals surface area contributed by atoms with Gasteiger partial charge in [-0.05, 0) is 44.2 Å². The van der Waals surface area contributed by atoms with E-state index in [0.717, 1.165) is 28.8 Å². The first-order valence-electron chi connectivity index (χ1n) is 8.24. The number of thioether (sulfide) groups is 1. The topological polar surface area (TPSA) is 42.0 Å². The number of nitrogens with zero attached hydrogens (tertiary/aromatic N) is 1. The molecule has 23 heavy (non-hydrogen) atoms. The van der Waals surface area contributed by atoms with Crippen LogP contribution in [0.25, 0.3) is 10.9 Å². The molecule has 0 fully saturated rings. The number of aromatic nitrogens is 1. The summed E-state index contributed by atoms with van der Waals surface area (Å²) in [5, 5.41) is 4.14. The van der Waals surface area contributed by atoms with Crippen LogP contribution in [-0.2, 0) is 4.79 Å². The van der Waals surface area contributed by atoms with Gasteiger partial charge in [-0.3, -0.25) is 9.78 Å². The fourth-order valence-electron chi connectivity index (χ4n) is 2.88. The van der Waals surface area contributed by atoms with Crippen molar-refractivity contribution < 1.29 is 4.79 Å². The maximum absolute atomic E-state index is 12.0. The predicted octanol–water partition coefficient (Wildman–Crippen LogP) is 4.33. The zero-order valence-electron chi connectivity index (χ0n) is 13.3. The molecule has 0 bridgehead atoms. The Kier molecular flexibility index (Phi) is 5.70. The molecule has 0 radical (unpaired) electrons. The second kappa shape index (κ2) is 8.16. The van der Waals surface area contributed by atoms with Crippen LogP contribution in [0.4, 0.5) is 0 Å². The summed E-state index contributed by atoms with van der Waals surface area (Å²) in [5.41, 5.74) is 2.47. The molecule has 120 valence electrons. The van der Waals surface area contributed by atoms with E-state index >= 15 is 0 Å². The van der Waals surface area contributed by atoms with Crippen molar-refractivity contribution in [3.63, 3.8) is 0 Å². The van der Waals surface area contributed by atoms with Crippen LogP contribution in [0.5, 0.6) is 0 Å². The number of allylic oxidation sites excluding steroid dienone is 1. The van der Waals surface area contributed by atoms with Gasteiger partial charge >= 0.3 is 0 Å². The molecule has 3 nitrogen and oxygen atoms in total. The Morgan fingerprint density at radius 2 is 2.13 bits per heavy atom. The number of hydrogen-bond acceptors (Lipinski definition) is 3. The van der Waals surface area contributed by atoms with Crippen LogP contribution >= 0.6 is 11.8 Å². The van der Waals surface area contributed by atoms with Gasteiger partial charge in [0.05, 0.1) is 11.3 Å². The molecular formula is C19H22N2OS. The molecule has 2 aromatic rings. The number of para-hydroxylation sites is 1. The molecule has 1 amide bonds. The van der Waals surface area contributed by atoms with Gasteiger partial charge in [0, 0.05) is 23.0 Å². The van der Waals surface area contributed by atoms with E-state index in [1.165, 1.54) is 31.3 Å². The van der Waals surface area contributed by atoms with E-state index < -0.39 is 0 Å². The quantitative estimate of drug-likeness (QED) is 0.634. The molecule has 1 heterocycles. The summed E-state index contributed by atoms with van der Waals surface area (Å²) in [6.07, 6.45) is 10.1. The fourth-order valence-corrected chi connectivity index (χ4v) is 3.75. The van der Waals surface area contributed by atoms with Crippen molar-refractivity contribution in [1.82, 2.24) is 10.3 Å². The summed E-state index contributed by atoms with van der Waals surface area (Å²) in [7, 11) is 0. The lowest BCUT2D eigenvalue weighted by Gasteiger charge is -2.13. The third-order valence-corrected chi connectivity index (χ3v) is 5.15. The van der Waals surface area contributed by atoms with E-state index in [1.54, 1.807) is 18.0 Å². The molecule has 4 heteroatoms. The van der Waals surface area contributed by atoms with Crippen molar-refractivity contribution in [3.05, 3.63) is 48.2 Å². The zero-order chi connectivity index (χ0) is 15.9. The second-order valence-corrected chi connectivity index (χ2v) is 6.85. The van der Waals surface area contributed by atoms with Gasteiger partial charge < -0.3 is 5.32 Å². The summed E-state index contributed by atoms with van der Waals surface area (Å²) in [6.45, 7) is 0.749. The minimum atomic E-state index is 0.0966. The second-order valence-electron chi connectivity index (χ2n) is 5.83. The van der Waals surface area contributed by atoms with Crippen LogP contribution < -0.4 is 5.32 Å². The van der Waals surface area contributed by atoms with E-state index in [0.29, 0.717) is 5.75 Å². The van der Waals surface area contributed by atoms with Crippen molar-refractivity contribution in [2.24, 2.45) is 0 Å². The average Bonchev–Trinajstić information content (AvgIpc) is 2.61. The number of fused-ring (bicyclic) bond motifs is 1.